The fourth-order valence-electron chi connectivity index (χ4n) is 4.08. The van der Waals surface area contributed by atoms with Gasteiger partial charge in [-0.25, -0.2) is 9.36 Å². The summed E-state index contributed by atoms with van der Waals surface area (Å²) >= 11 is 0. The average molecular weight is 532 g/mol. The maximum atomic E-state index is 13.5. The van der Waals surface area contributed by atoms with E-state index in [4.69, 9.17) is 13.8 Å². The first-order chi connectivity index (χ1) is 17.6. The number of benzene rings is 1. The lowest BCUT2D eigenvalue weighted by molar-refractivity contribution is -0.142. The molecule has 10 nitrogen and oxygen atoms in total. The van der Waals surface area contributed by atoms with Gasteiger partial charge in [-0.3, -0.25) is 19.1 Å². The zero-order valence-corrected chi connectivity index (χ0v) is 22.4. The number of hydrogen-bond acceptors (Lipinski definition) is 7. The van der Waals surface area contributed by atoms with Gasteiger partial charge in [0.15, 0.2) is 0 Å². The number of nitrogens with one attached hydrogen (secondary N) is 2. The highest BCUT2D eigenvalue weighted by Crippen LogP contribution is 2.45. The molecule has 4 atom stereocenters. The number of aryl methyl sites for hydroxylation is 2. The van der Waals surface area contributed by atoms with Crippen LogP contribution in [-0.2, 0) is 25.2 Å². The fourth-order valence-corrected chi connectivity index (χ4v) is 5.59. The quantitative estimate of drug-likeness (QED) is 0.296. The minimum Gasteiger partial charge on any atom is -0.468 e. The van der Waals surface area contributed by atoms with Crippen LogP contribution in [0.2, 0.25) is 0 Å². The van der Waals surface area contributed by atoms with Gasteiger partial charge in [0.1, 0.15) is 11.8 Å². The summed E-state index contributed by atoms with van der Waals surface area (Å²) in [6.45, 7) is 5.82. The second-order valence-electron chi connectivity index (χ2n) is 9.01. The highest BCUT2D eigenvalue weighted by Gasteiger charge is 2.32. The molecule has 1 unspecified atom stereocenters. The zero-order chi connectivity index (χ0) is 27.0. The van der Waals surface area contributed by atoms with Crippen LogP contribution >= 0.6 is 7.75 Å². The van der Waals surface area contributed by atoms with Gasteiger partial charge in [0, 0.05) is 24.2 Å². The van der Waals surface area contributed by atoms with Crippen LogP contribution < -0.4 is 20.9 Å². The summed E-state index contributed by atoms with van der Waals surface area (Å²) in [5, 5.41) is 2.65. The molecule has 1 aromatic heterocycles. The van der Waals surface area contributed by atoms with E-state index in [0.29, 0.717) is 30.7 Å². The Hall–Kier alpha value is -3.20. The van der Waals surface area contributed by atoms with Crippen molar-refractivity contribution in [1.82, 2.24) is 14.6 Å². The van der Waals surface area contributed by atoms with E-state index in [-0.39, 0.29) is 24.0 Å². The van der Waals surface area contributed by atoms with E-state index in [1.165, 1.54) is 24.2 Å². The third-order valence-corrected chi connectivity index (χ3v) is 7.86. The van der Waals surface area contributed by atoms with Gasteiger partial charge < -0.3 is 13.8 Å². The van der Waals surface area contributed by atoms with Crippen LogP contribution in [0, 0.1) is 18.8 Å². The molecule has 37 heavy (non-hydrogen) atoms. The van der Waals surface area contributed by atoms with Gasteiger partial charge in [0.05, 0.1) is 13.7 Å². The Bertz CT molecular complexity index is 1300. The Kier molecular flexibility index (Phi) is 9.86. The number of aromatic nitrogens is 2. The van der Waals surface area contributed by atoms with E-state index < -0.39 is 25.4 Å². The van der Waals surface area contributed by atoms with E-state index in [2.05, 4.69) is 23.1 Å². The largest absolute Gasteiger partial charge is 0.468 e. The summed E-state index contributed by atoms with van der Waals surface area (Å²) in [5.74, 6) is -0.0224. The molecule has 1 aliphatic rings. The number of esters is 1. The second-order valence-corrected chi connectivity index (χ2v) is 10.7. The number of carbonyl (C=O) groups is 1. The third-order valence-electron chi connectivity index (χ3n) is 6.19. The smallest absolute Gasteiger partial charge is 0.459 e. The van der Waals surface area contributed by atoms with Crippen LogP contribution in [-0.4, -0.2) is 35.3 Å². The normalized spacial score (nSPS) is 18.1. The van der Waals surface area contributed by atoms with E-state index in [0.717, 1.165) is 0 Å². The first-order valence-electron chi connectivity index (χ1n) is 12.2. The van der Waals surface area contributed by atoms with Crippen molar-refractivity contribution in [1.29, 1.82) is 0 Å². The third kappa shape index (κ3) is 7.89. The Morgan fingerprint density at radius 3 is 2.65 bits per heavy atom. The van der Waals surface area contributed by atoms with Crippen LogP contribution in [0.5, 0.6) is 5.75 Å². The fraction of sp³-hybridized carbons (Fsp3) is 0.423. The van der Waals surface area contributed by atoms with Crippen molar-refractivity contribution >= 4 is 13.7 Å². The minimum absolute atomic E-state index is 0.0947. The maximum absolute atomic E-state index is 13.5. The highest BCUT2D eigenvalue weighted by molar-refractivity contribution is 7.52. The molecule has 0 saturated carbocycles. The van der Waals surface area contributed by atoms with Crippen LogP contribution in [0.25, 0.3) is 0 Å². The van der Waals surface area contributed by atoms with Gasteiger partial charge in [-0.15, -0.1) is 0 Å². The van der Waals surface area contributed by atoms with Crippen LogP contribution in [0.1, 0.15) is 32.3 Å². The SMILES string of the molecule is COC(=O)[C@H](C)NP(=O)(OCC[C@H](C)C1=CC=C[C@@H]1CCn1cc(C)c(=O)[nH]c1=O)Oc1ccccc1. The number of aromatic amines is 1. The molecule has 0 saturated heterocycles. The monoisotopic (exact) mass is 531 g/mol. The van der Waals surface area contributed by atoms with Crippen molar-refractivity contribution in [2.24, 2.45) is 11.8 Å². The topological polar surface area (TPSA) is 129 Å². The summed E-state index contributed by atoms with van der Waals surface area (Å²) in [5.41, 5.74) is 0.861. The van der Waals surface area contributed by atoms with E-state index in [1.54, 1.807) is 43.5 Å². The van der Waals surface area contributed by atoms with Gasteiger partial charge in [-0.05, 0) is 44.7 Å². The molecule has 0 amide bonds. The molecule has 2 aromatic rings. The molecule has 0 fully saturated rings. The molecule has 3 rings (SSSR count). The Labute approximate surface area is 215 Å². The summed E-state index contributed by atoms with van der Waals surface area (Å²) < 4.78 is 31.1. The number of carbonyl (C=O) groups excluding carboxylic acids is 1. The number of rotatable bonds is 13. The molecule has 0 bridgehead atoms. The molecule has 1 heterocycles. The second kappa shape index (κ2) is 12.9. The standard InChI is InChI=1S/C26H34N3O7P/c1-18(23-12-8-9-21(23)13-15-29-17-19(2)24(30)27-26(29)32)14-16-35-37(33,28-20(3)25(31)34-4)36-22-10-6-5-7-11-22/h5-12,17-18,20-21H,13-16H2,1-4H3,(H,28,33)(H,27,30,32)/t18-,20-,21+,37?/m0/s1. The molecular weight excluding hydrogens is 497 g/mol. The molecule has 0 radical (unpaired) electrons. The van der Waals surface area contributed by atoms with Crippen LogP contribution in [0.3, 0.4) is 0 Å². The number of hydrogen-bond donors (Lipinski definition) is 2. The van der Waals surface area contributed by atoms with Crippen molar-refractivity contribution in [3.05, 3.63) is 86.7 Å². The van der Waals surface area contributed by atoms with Gasteiger partial charge >= 0.3 is 19.4 Å². The number of nitrogens with zero attached hydrogens (tertiary/aromatic N) is 1. The van der Waals surface area contributed by atoms with Crippen molar-refractivity contribution in [2.75, 3.05) is 13.7 Å². The van der Waals surface area contributed by atoms with Crippen molar-refractivity contribution in [3.63, 3.8) is 0 Å². The molecule has 0 aliphatic heterocycles. The number of para-hydroxylation sites is 1. The summed E-state index contributed by atoms with van der Waals surface area (Å²) in [6.07, 6.45) is 8.94. The summed E-state index contributed by atoms with van der Waals surface area (Å²) in [7, 11) is -2.64. The molecule has 11 heteroatoms. The molecular formula is C26H34N3O7P. The van der Waals surface area contributed by atoms with Crippen molar-refractivity contribution < 1.29 is 23.1 Å². The van der Waals surface area contributed by atoms with Crippen LogP contribution in [0.4, 0.5) is 0 Å². The summed E-state index contributed by atoms with van der Waals surface area (Å²) in [4.78, 5) is 37.9. The maximum Gasteiger partial charge on any atom is 0.459 e. The number of allylic oxidation sites excluding steroid dienone is 4. The molecule has 2 N–H and O–H groups in total. The highest BCUT2D eigenvalue weighted by atomic mass is 31.2. The number of methoxy groups -OCH3 is 1. The number of ether oxygens (including phenoxy) is 1. The van der Waals surface area contributed by atoms with E-state index in [9.17, 15) is 18.9 Å². The van der Waals surface area contributed by atoms with Gasteiger partial charge in [-0.1, -0.05) is 48.9 Å². The van der Waals surface area contributed by atoms with Crippen molar-refractivity contribution in [2.45, 2.75) is 46.2 Å². The van der Waals surface area contributed by atoms with Crippen molar-refractivity contribution in [3.8, 4) is 5.75 Å². The molecule has 1 aliphatic carbocycles. The zero-order valence-electron chi connectivity index (χ0n) is 21.5. The Morgan fingerprint density at radius 1 is 1.22 bits per heavy atom. The Morgan fingerprint density at radius 2 is 1.95 bits per heavy atom. The van der Waals surface area contributed by atoms with E-state index in [1.807, 2.05) is 12.2 Å². The van der Waals surface area contributed by atoms with Gasteiger partial charge in [0.2, 0.25) is 0 Å². The lowest BCUT2D eigenvalue weighted by Crippen LogP contribution is -2.34. The first-order valence-corrected chi connectivity index (χ1v) is 13.7. The number of H-pyrrole nitrogens is 1. The molecule has 0 spiro atoms. The Balaban J connectivity index is 1.60. The lowest BCUT2D eigenvalue weighted by Gasteiger charge is -2.24. The predicted molar refractivity (Wildman–Crippen MR) is 140 cm³/mol. The lowest BCUT2D eigenvalue weighted by atomic mass is 9.87. The minimum atomic E-state index is -3.89. The average Bonchev–Trinajstić information content (AvgIpc) is 3.34. The van der Waals surface area contributed by atoms with E-state index >= 15 is 0 Å². The molecule has 1 aromatic carbocycles. The first kappa shape index (κ1) is 28.4. The molecule has 200 valence electrons. The predicted octanol–water partition coefficient (Wildman–Crippen LogP) is 3.73. The summed E-state index contributed by atoms with van der Waals surface area (Å²) in [6, 6.07) is 7.69. The van der Waals surface area contributed by atoms with Gasteiger partial charge in [-0.2, -0.15) is 5.09 Å². The van der Waals surface area contributed by atoms with Gasteiger partial charge in [0.25, 0.3) is 5.56 Å². The van der Waals surface area contributed by atoms with Crippen LogP contribution in [0.15, 0.2) is 69.9 Å².